The lowest BCUT2D eigenvalue weighted by molar-refractivity contribution is -0.356. The minimum absolute atomic E-state index is 0.0662. The van der Waals surface area contributed by atoms with Gasteiger partial charge in [0.15, 0.2) is 0 Å². The molecule has 0 spiro atoms. The zero-order chi connectivity index (χ0) is 22.8. The maximum Gasteiger partial charge on any atom is 0.438 e. The first kappa shape index (κ1) is 24.8. The van der Waals surface area contributed by atoms with E-state index in [2.05, 4.69) is 11.3 Å². The van der Waals surface area contributed by atoms with Crippen molar-refractivity contribution < 1.29 is 53.6 Å². The summed E-state index contributed by atoms with van der Waals surface area (Å²) in [5.74, 6) is -5.27. The van der Waals surface area contributed by atoms with Gasteiger partial charge in [0.25, 0.3) is 10.1 Å². The molecule has 0 amide bonds. The molecule has 0 unspecified atom stereocenters. The van der Waals surface area contributed by atoms with E-state index in [1.807, 2.05) is 0 Å². The molecule has 0 aliphatic carbocycles. The van der Waals surface area contributed by atoms with E-state index in [9.17, 15) is 39.6 Å². The number of benzene rings is 1. The van der Waals surface area contributed by atoms with Crippen molar-refractivity contribution >= 4 is 23.9 Å². The maximum atomic E-state index is 13.2. The van der Waals surface area contributed by atoms with E-state index >= 15 is 0 Å². The molecule has 0 aliphatic heterocycles. The summed E-state index contributed by atoms with van der Waals surface area (Å²) in [6.07, 6.45) is -13.0. The maximum absolute atomic E-state index is 13.2. The van der Waals surface area contributed by atoms with Gasteiger partial charge in [0.2, 0.25) is 0 Å². The van der Waals surface area contributed by atoms with E-state index in [0.717, 1.165) is 18.2 Å². The van der Waals surface area contributed by atoms with Gasteiger partial charge in [-0.15, -0.1) is 0 Å². The summed E-state index contributed by atoms with van der Waals surface area (Å²) < 4.78 is 118. The first-order valence-electron chi connectivity index (χ1n) is 7.42. The van der Waals surface area contributed by atoms with E-state index in [1.165, 1.54) is 6.92 Å². The number of hydrogen-bond donors (Lipinski definition) is 1. The van der Waals surface area contributed by atoms with Crippen LogP contribution in [0.5, 0.6) is 5.75 Å². The molecule has 0 heterocycles. The van der Waals surface area contributed by atoms with Crippen LogP contribution in [0.3, 0.4) is 0 Å². The molecule has 14 heteroatoms. The highest BCUT2D eigenvalue weighted by Crippen LogP contribution is 2.47. The molecule has 2 radical (unpaired) electrons. The highest BCUT2D eigenvalue weighted by molar-refractivity contribution is 7.85. The van der Waals surface area contributed by atoms with Gasteiger partial charge in [-0.3, -0.25) is 4.55 Å². The van der Waals surface area contributed by atoms with Crippen molar-refractivity contribution in [3.05, 3.63) is 41.7 Å². The first-order valence-corrected chi connectivity index (χ1v) is 9.03. The molecule has 29 heavy (non-hydrogen) atoms. The van der Waals surface area contributed by atoms with Gasteiger partial charge in [0.1, 0.15) is 11.5 Å². The van der Waals surface area contributed by atoms with Crippen molar-refractivity contribution in [1.82, 2.24) is 0 Å². The van der Waals surface area contributed by atoms with Gasteiger partial charge in [0, 0.05) is 0 Å². The summed E-state index contributed by atoms with van der Waals surface area (Å²) in [4.78, 5) is 12.1. The number of hydrogen-bond acceptors (Lipinski definition) is 5. The van der Waals surface area contributed by atoms with Crippen molar-refractivity contribution in [1.29, 1.82) is 0 Å². The van der Waals surface area contributed by atoms with Gasteiger partial charge < -0.3 is 9.47 Å². The normalized spacial score (nSPS) is 13.1. The molecule has 6 nitrogen and oxygen atoms in total. The van der Waals surface area contributed by atoms with Gasteiger partial charge in [-0.25, -0.2) is 4.79 Å². The minimum Gasteiger partial charge on any atom is -0.462 e. The quantitative estimate of drug-likeness (QED) is 0.228. The van der Waals surface area contributed by atoms with Crippen LogP contribution in [0.4, 0.5) is 26.3 Å². The Labute approximate surface area is 162 Å². The number of alkyl halides is 6. The van der Waals surface area contributed by atoms with Crippen LogP contribution in [0.1, 0.15) is 22.8 Å². The number of allylic oxidation sites excluding steroid dienone is 1. The lowest BCUT2D eigenvalue weighted by atomic mass is 9.95. The van der Waals surface area contributed by atoms with Gasteiger partial charge in [0.05, 0.1) is 19.2 Å². The Hall–Kier alpha value is -2.22. The molecule has 0 bridgehead atoms. The van der Waals surface area contributed by atoms with Crippen molar-refractivity contribution in [2.45, 2.75) is 31.2 Å². The molecule has 0 saturated carbocycles. The molecule has 1 rings (SSSR count). The molecule has 0 fully saturated rings. The fourth-order valence-electron chi connectivity index (χ4n) is 2.08. The van der Waals surface area contributed by atoms with E-state index in [-0.39, 0.29) is 23.4 Å². The zero-order valence-corrected chi connectivity index (χ0v) is 15.4. The van der Waals surface area contributed by atoms with Crippen LogP contribution in [0.15, 0.2) is 30.5 Å². The second-order valence-electron chi connectivity index (χ2n) is 5.77. The lowest BCUT2D eigenvalue weighted by Gasteiger charge is -2.35. The smallest absolute Gasteiger partial charge is 0.438 e. The predicted octanol–water partition coefficient (Wildman–Crippen LogP) is 3.18. The number of carbonyl (C=O) groups is 1. The number of carbonyl (C=O) groups excluding carboxylic acids is 1. The summed E-state index contributed by atoms with van der Waals surface area (Å²) in [6.45, 7) is 4.76. The van der Waals surface area contributed by atoms with Crippen molar-refractivity contribution in [3.63, 3.8) is 0 Å². The Morgan fingerprint density at radius 2 is 1.69 bits per heavy atom. The molecular formula is C15H13BF6O6S. The second kappa shape index (κ2) is 8.26. The van der Waals surface area contributed by atoms with Crippen molar-refractivity contribution in [2.75, 3.05) is 5.75 Å². The molecule has 0 aromatic heterocycles. The fraction of sp³-hybridized carbons (Fsp3) is 0.400. The van der Waals surface area contributed by atoms with E-state index in [4.69, 9.17) is 17.1 Å². The summed E-state index contributed by atoms with van der Waals surface area (Å²) in [5, 5.41) is 0. The average Bonchev–Trinajstić information content (AvgIpc) is 2.50. The molecular weight excluding hydrogens is 433 g/mol. The standard InChI is InChI=1S/C15H13BF6O6S/c1-8(2)27-11-5-9(3-4-10(11)6-16)12(23)28-13(14(17,18)19,15(20,21)22)7-29(24,25)26/h3-5H,1,6-7H2,2H3,(H,24,25,26). The van der Waals surface area contributed by atoms with Gasteiger partial charge >= 0.3 is 23.9 Å². The topological polar surface area (TPSA) is 89.9 Å². The molecule has 1 aromatic carbocycles. The van der Waals surface area contributed by atoms with Crippen LogP contribution in [-0.2, 0) is 21.2 Å². The first-order chi connectivity index (χ1) is 12.9. The number of halogens is 6. The Bertz CT molecular complexity index is 880. The highest BCUT2D eigenvalue weighted by atomic mass is 32.2. The Balaban J connectivity index is 3.51. The van der Waals surface area contributed by atoms with E-state index in [1.54, 1.807) is 0 Å². The van der Waals surface area contributed by atoms with Gasteiger partial charge in [-0.1, -0.05) is 19.0 Å². The Morgan fingerprint density at radius 3 is 2.07 bits per heavy atom. The van der Waals surface area contributed by atoms with Gasteiger partial charge in [-0.2, -0.15) is 34.8 Å². The molecule has 0 aliphatic rings. The molecule has 1 N–H and O–H groups in total. The Kier molecular flexibility index (Phi) is 7.07. The van der Waals surface area contributed by atoms with Crippen molar-refractivity contribution in [2.24, 2.45) is 0 Å². The van der Waals surface area contributed by atoms with Crippen LogP contribution < -0.4 is 4.74 Å². The van der Waals surface area contributed by atoms with Crippen LogP contribution in [0.2, 0.25) is 0 Å². The summed E-state index contributed by atoms with van der Waals surface area (Å²) in [7, 11) is -0.461. The second-order valence-corrected chi connectivity index (χ2v) is 7.22. The average molecular weight is 446 g/mol. The minimum atomic E-state index is -6.43. The SMILES string of the molecule is [B]Cc1ccc(C(=O)OC(CS(=O)(=O)O)(C(F)(F)F)C(F)(F)F)cc1OC(=C)C. The number of rotatable bonds is 7. The summed E-state index contributed by atoms with van der Waals surface area (Å²) in [5.41, 5.74) is -6.10. The fourth-order valence-corrected chi connectivity index (χ4v) is 2.98. The third kappa shape index (κ3) is 5.89. The van der Waals surface area contributed by atoms with Gasteiger partial charge in [-0.05, 0) is 24.6 Å². The number of esters is 1. The predicted molar refractivity (Wildman–Crippen MR) is 88.0 cm³/mol. The highest BCUT2D eigenvalue weighted by Gasteiger charge is 2.76. The largest absolute Gasteiger partial charge is 0.462 e. The van der Waals surface area contributed by atoms with Crippen LogP contribution in [0.25, 0.3) is 0 Å². The summed E-state index contributed by atoms with van der Waals surface area (Å²) >= 11 is 0. The zero-order valence-electron chi connectivity index (χ0n) is 14.6. The lowest BCUT2D eigenvalue weighted by Crippen LogP contribution is -2.63. The third-order valence-electron chi connectivity index (χ3n) is 3.38. The molecule has 0 saturated heterocycles. The van der Waals surface area contributed by atoms with Crippen LogP contribution in [0, 0.1) is 0 Å². The third-order valence-corrected chi connectivity index (χ3v) is 4.15. The molecule has 0 atom stereocenters. The Morgan fingerprint density at radius 1 is 1.17 bits per heavy atom. The monoisotopic (exact) mass is 446 g/mol. The van der Waals surface area contributed by atoms with Crippen LogP contribution in [-0.4, -0.2) is 50.5 Å². The molecule has 160 valence electrons. The van der Waals surface area contributed by atoms with Crippen LogP contribution >= 0.6 is 0 Å². The van der Waals surface area contributed by atoms with E-state index in [0.29, 0.717) is 0 Å². The van der Waals surface area contributed by atoms with Crippen molar-refractivity contribution in [3.8, 4) is 5.75 Å². The molecule has 1 aromatic rings. The number of ether oxygens (including phenoxy) is 2. The summed E-state index contributed by atoms with van der Waals surface area (Å²) in [6, 6.07) is 2.64. The van der Waals surface area contributed by atoms with E-state index < -0.39 is 45.4 Å².